The maximum absolute atomic E-state index is 13.4. The average molecular weight is 420 g/mol. The molecule has 0 radical (unpaired) electrons. The Labute approximate surface area is 180 Å². The summed E-state index contributed by atoms with van der Waals surface area (Å²) >= 11 is 0. The summed E-state index contributed by atoms with van der Waals surface area (Å²) in [6, 6.07) is 14.4. The molecule has 4 rings (SSSR count). The summed E-state index contributed by atoms with van der Waals surface area (Å²) in [5.74, 6) is 1.50. The maximum atomic E-state index is 13.4. The molecule has 3 aromatic rings. The predicted molar refractivity (Wildman–Crippen MR) is 116 cm³/mol. The third-order valence-corrected chi connectivity index (χ3v) is 4.96. The highest BCUT2D eigenvalue weighted by atomic mass is 16.5. The van der Waals surface area contributed by atoms with E-state index in [9.17, 15) is 4.79 Å². The molecular weight excluding hydrogens is 396 g/mol. The van der Waals surface area contributed by atoms with Crippen molar-refractivity contribution >= 4 is 17.5 Å². The van der Waals surface area contributed by atoms with Crippen molar-refractivity contribution in [3.05, 3.63) is 65.4 Å². The lowest BCUT2D eigenvalue weighted by atomic mass is 9.94. The fourth-order valence-corrected chi connectivity index (χ4v) is 3.55. The first kappa shape index (κ1) is 20.4. The lowest BCUT2D eigenvalue weighted by Crippen LogP contribution is -2.31. The first-order chi connectivity index (χ1) is 15.1. The molecule has 160 valence electrons. The van der Waals surface area contributed by atoms with Gasteiger partial charge in [-0.2, -0.15) is 4.68 Å². The molecule has 1 aliphatic rings. The molecule has 0 aliphatic carbocycles. The van der Waals surface area contributed by atoms with Crippen molar-refractivity contribution in [3.63, 3.8) is 0 Å². The number of carbonyl (C=O) groups is 1. The lowest BCUT2D eigenvalue weighted by molar-refractivity contribution is -0.113. The molecule has 1 aliphatic heterocycles. The molecule has 0 fully saturated rings. The topological polar surface area (TPSA) is 103 Å². The molecule has 1 atom stereocenters. The molecule has 9 nitrogen and oxygen atoms in total. The Bertz CT molecular complexity index is 1120. The second-order valence-corrected chi connectivity index (χ2v) is 7.09. The molecule has 1 aromatic heterocycles. The Morgan fingerprint density at radius 1 is 1.23 bits per heavy atom. The number of tetrazole rings is 1. The van der Waals surface area contributed by atoms with Crippen molar-refractivity contribution in [2.24, 2.45) is 0 Å². The van der Waals surface area contributed by atoms with Gasteiger partial charge in [-0.05, 0) is 53.6 Å². The van der Waals surface area contributed by atoms with Gasteiger partial charge in [-0.25, -0.2) is 0 Å². The van der Waals surface area contributed by atoms with E-state index in [4.69, 9.17) is 9.47 Å². The molecule has 0 spiro atoms. The average Bonchev–Trinajstić information content (AvgIpc) is 3.25. The second kappa shape index (κ2) is 8.86. The SMILES string of the molecule is CCCOc1cccc(C2C(C(=O)Nc3ccccc3OC)=C(C)Nc3nnnn32)c1. The number of amides is 1. The summed E-state index contributed by atoms with van der Waals surface area (Å²) in [7, 11) is 1.57. The van der Waals surface area contributed by atoms with Crippen LogP contribution in [0, 0.1) is 0 Å². The highest BCUT2D eigenvalue weighted by Crippen LogP contribution is 2.36. The summed E-state index contributed by atoms with van der Waals surface area (Å²) in [5, 5.41) is 18.0. The Morgan fingerprint density at radius 3 is 2.87 bits per heavy atom. The summed E-state index contributed by atoms with van der Waals surface area (Å²) in [6.07, 6.45) is 0.903. The number of aromatic nitrogens is 4. The molecule has 31 heavy (non-hydrogen) atoms. The van der Waals surface area contributed by atoms with Crippen LogP contribution in [0.25, 0.3) is 0 Å². The number of carbonyl (C=O) groups excluding carboxylic acids is 1. The number of allylic oxidation sites excluding steroid dienone is 1. The third-order valence-electron chi connectivity index (χ3n) is 4.96. The van der Waals surface area contributed by atoms with Crippen LogP contribution < -0.4 is 20.1 Å². The van der Waals surface area contributed by atoms with Crippen LogP contribution in [-0.4, -0.2) is 39.8 Å². The van der Waals surface area contributed by atoms with Crippen LogP contribution >= 0.6 is 0 Å². The van der Waals surface area contributed by atoms with Gasteiger partial charge in [0.15, 0.2) is 0 Å². The zero-order valence-electron chi connectivity index (χ0n) is 17.6. The van der Waals surface area contributed by atoms with Crippen LogP contribution in [0.4, 0.5) is 11.6 Å². The number of fused-ring (bicyclic) bond motifs is 1. The third kappa shape index (κ3) is 4.07. The van der Waals surface area contributed by atoms with Gasteiger partial charge in [-0.1, -0.05) is 36.3 Å². The van der Waals surface area contributed by atoms with Gasteiger partial charge in [0.05, 0.1) is 25.0 Å². The van der Waals surface area contributed by atoms with Crippen LogP contribution in [0.3, 0.4) is 0 Å². The fraction of sp³-hybridized carbons (Fsp3) is 0.273. The van der Waals surface area contributed by atoms with E-state index in [-0.39, 0.29) is 5.91 Å². The summed E-state index contributed by atoms with van der Waals surface area (Å²) in [5.41, 5.74) is 2.59. The lowest BCUT2D eigenvalue weighted by Gasteiger charge is -2.28. The second-order valence-electron chi connectivity index (χ2n) is 7.09. The molecule has 1 amide bonds. The number of nitrogens with zero attached hydrogens (tertiary/aromatic N) is 4. The Hall–Kier alpha value is -3.88. The molecule has 1 unspecified atom stereocenters. The van der Waals surface area contributed by atoms with E-state index in [0.29, 0.717) is 35.3 Å². The number of anilines is 2. The molecule has 2 N–H and O–H groups in total. The number of nitrogens with one attached hydrogen (secondary N) is 2. The molecule has 2 aromatic carbocycles. The first-order valence-corrected chi connectivity index (χ1v) is 10.0. The van der Waals surface area contributed by atoms with E-state index < -0.39 is 6.04 Å². The van der Waals surface area contributed by atoms with Crippen LogP contribution in [0.5, 0.6) is 11.5 Å². The number of hydrogen-bond acceptors (Lipinski definition) is 7. The van der Waals surface area contributed by atoms with E-state index in [0.717, 1.165) is 17.7 Å². The van der Waals surface area contributed by atoms with Gasteiger partial charge in [-0.3, -0.25) is 4.79 Å². The fourth-order valence-electron chi connectivity index (χ4n) is 3.55. The quantitative estimate of drug-likeness (QED) is 0.604. The molecule has 9 heteroatoms. The van der Waals surface area contributed by atoms with E-state index in [1.807, 2.05) is 43.3 Å². The molecular formula is C22H24N6O3. The van der Waals surface area contributed by atoms with Crippen LogP contribution in [-0.2, 0) is 4.79 Å². The van der Waals surface area contributed by atoms with E-state index in [1.54, 1.807) is 23.9 Å². The van der Waals surface area contributed by atoms with Crippen LogP contribution in [0.2, 0.25) is 0 Å². The van der Waals surface area contributed by atoms with Gasteiger partial charge in [0.1, 0.15) is 17.5 Å². The minimum atomic E-state index is -0.522. The van der Waals surface area contributed by atoms with Crippen molar-refractivity contribution in [2.75, 3.05) is 24.4 Å². The molecule has 0 saturated carbocycles. The van der Waals surface area contributed by atoms with Gasteiger partial charge < -0.3 is 20.1 Å². The summed E-state index contributed by atoms with van der Waals surface area (Å²) in [4.78, 5) is 13.4. The number of ether oxygens (including phenoxy) is 2. The van der Waals surface area contributed by atoms with Gasteiger partial charge in [-0.15, -0.1) is 0 Å². The standard InChI is InChI=1S/C22H24N6O3/c1-4-12-31-16-9-7-8-15(13-16)20-19(14(2)23-22-25-26-27-28(20)22)21(29)24-17-10-5-6-11-18(17)30-3/h5-11,13,20H,4,12H2,1-3H3,(H,24,29)(H,23,25,27). The summed E-state index contributed by atoms with van der Waals surface area (Å²) < 4.78 is 12.8. The van der Waals surface area contributed by atoms with Crippen LogP contribution in [0.1, 0.15) is 31.9 Å². The van der Waals surface area contributed by atoms with E-state index >= 15 is 0 Å². The van der Waals surface area contributed by atoms with Crippen molar-refractivity contribution in [2.45, 2.75) is 26.3 Å². The predicted octanol–water partition coefficient (Wildman–Crippen LogP) is 3.40. The number of rotatable bonds is 7. The monoisotopic (exact) mass is 420 g/mol. The van der Waals surface area contributed by atoms with Crippen molar-refractivity contribution in [3.8, 4) is 11.5 Å². The maximum Gasteiger partial charge on any atom is 0.255 e. The highest BCUT2D eigenvalue weighted by Gasteiger charge is 2.34. The van der Waals surface area contributed by atoms with Gasteiger partial charge in [0.25, 0.3) is 5.91 Å². The zero-order valence-corrected chi connectivity index (χ0v) is 17.6. The van der Waals surface area contributed by atoms with E-state index in [2.05, 4.69) is 33.1 Å². The van der Waals surface area contributed by atoms with Gasteiger partial charge in [0, 0.05) is 5.70 Å². The smallest absolute Gasteiger partial charge is 0.255 e. The Balaban J connectivity index is 1.74. The largest absolute Gasteiger partial charge is 0.495 e. The molecule has 0 saturated heterocycles. The van der Waals surface area contributed by atoms with Crippen LogP contribution in [0.15, 0.2) is 59.8 Å². The first-order valence-electron chi connectivity index (χ1n) is 10.0. The molecule has 0 bridgehead atoms. The number of para-hydroxylation sites is 2. The number of benzene rings is 2. The number of methoxy groups -OCH3 is 1. The summed E-state index contributed by atoms with van der Waals surface area (Å²) in [6.45, 7) is 4.50. The van der Waals surface area contributed by atoms with Gasteiger partial charge in [0.2, 0.25) is 5.95 Å². The zero-order chi connectivity index (χ0) is 21.8. The normalized spacial score (nSPS) is 15.1. The Kier molecular flexibility index (Phi) is 5.83. The Morgan fingerprint density at radius 2 is 2.06 bits per heavy atom. The van der Waals surface area contributed by atoms with Gasteiger partial charge >= 0.3 is 0 Å². The minimum absolute atomic E-state index is 0.277. The number of hydrogen-bond donors (Lipinski definition) is 2. The van der Waals surface area contributed by atoms with Crippen molar-refractivity contribution in [1.82, 2.24) is 20.2 Å². The van der Waals surface area contributed by atoms with E-state index in [1.165, 1.54) is 0 Å². The minimum Gasteiger partial charge on any atom is -0.495 e. The highest BCUT2D eigenvalue weighted by molar-refractivity contribution is 6.06. The van der Waals surface area contributed by atoms with Crippen molar-refractivity contribution in [1.29, 1.82) is 0 Å². The van der Waals surface area contributed by atoms with Crippen molar-refractivity contribution < 1.29 is 14.3 Å². The molecule has 2 heterocycles.